The minimum atomic E-state index is -1.33. The van der Waals surface area contributed by atoms with E-state index in [1.165, 1.54) is 0 Å². The normalized spacial score (nSPS) is 30.7. The standard InChI is InChI=1S/C9H15N5O4/c10-9-13-7-5(8(18)14-9)12-3(1-11-7)6(17)4(16)2-15/h4-7,11,15-17H,1-2H2,(H3,10,13,14,18). The van der Waals surface area contributed by atoms with Crippen molar-refractivity contribution in [2.45, 2.75) is 24.4 Å². The number of carbonyl (C=O) groups excluding carboxylic acids is 1. The summed E-state index contributed by atoms with van der Waals surface area (Å²) in [5.74, 6) is -0.411. The van der Waals surface area contributed by atoms with Gasteiger partial charge in [-0.05, 0) is 0 Å². The Hall–Kier alpha value is -1.55. The van der Waals surface area contributed by atoms with Crippen molar-refractivity contribution in [2.75, 3.05) is 13.2 Å². The number of aliphatic hydroxyl groups excluding tert-OH is 3. The minimum absolute atomic E-state index is 0.0170. The average molecular weight is 257 g/mol. The highest BCUT2D eigenvalue weighted by Crippen LogP contribution is 2.12. The first-order valence-electron chi connectivity index (χ1n) is 5.44. The molecule has 100 valence electrons. The number of hydrogen-bond acceptors (Lipinski definition) is 8. The maximum absolute atomic E-state index is 11.6. The highest BCUT2D eigenvalue weighted by molar-refractivity contribution is 6.03. The summed E-state index contributed by atoms with van der Waals surface area (Å²) in [5, 5.41) is 33.0. The lowest BCUT2D eigenvalue weighted by Crippen LogP contribution is -2.60. The van der Waals surface area contributed by atoms with Gasteiger partial charge in [-0.15, -0.1) is 0 Å². The van der Waals surface area contributed by atoms with Crippen LogP contribution in [0.15, 0.2) is 9.98 Å². The van der Waals surface area contributed by atoms with Crippen LogP contribution in [-0.4, -0.2) is 70.5 Å². The molecule has 0 saturated carbocycles. The van der Waals surface area contributed by atoms with E-state index in [-0.39, 0.29) is 18.2 Å². The summed E-state index contributed by atoms with van der Waals surface area (Å²) in [6.07, 6.45) is -3.22. The van der Waals surface area contributed by atoms with E-state index < -0.39 is 36.9 Å². The van der Waals surface area contributed by atoms with Gasteiger partial charge in [0.2, 0.25) is 0 Å². The molecule has 0 aromatic rings. The van der Waals surface area contributed by atoms with Crippen molar-refractivity contribution in [3.8, 4) is 0 Å². The van der Waals surface area contributed by atoms with Crippen molar-refractivity contribution >= 4 is 17.6 Å². The van der Waals surface area contributed by atoms with Gasteiger partial charge in [0.25, 0.3) is 5.91 Å². The highest BCUT2D eigenvalue weighted by Gasteiger charge is 2.37. The number of hydrogen-bond donors (Lipinski definition) is 6. The molecule has 0 aliphatic carbocycles. The summed E-state index contributed by atoms with van der Waals surface area (Å²) in [7, 11) is 0. The second kappa shape index (κ2) is 4.98. The van der Waals surface area contributed by atoms with Gasteiger partial charge in [0.15, 0.2) is 12.0 Å². The molecule has 18 heavy (non-hydrogen) atoms. The van der Waals surface area contributed by atoms with Crippen LogP contribution in [0.5, 0.6) is 0 Å². The van der Waals surface area contributed by atoms with Gasteiger partial charge >= 0.3 is 0 Å². The Bertz CT molecular complexity index is 410. The fraction of sp³-hybridized carbons (Fsp3) is 0.667. The monoisotopic (exact) mass is 257 g/mol. The van der Waals surface area contributed by atoms with Gasteiger partial charge in [-0.25, -0.2) is 4.99 Å². The zero-order valence-corrected chi connectivity index (χ0v) is 9.45. The van der Waals surface area contributed by atoms with Crippen LogP contribution in [0.4, 0.5) is 0 Å². The number of carbonyl (C=O) groups is 1. The molecule has 0 saturated heterocycles. The largest absolute Gasteiger partial charge is 0.394 e. The fourth-order valence-electron chi connectivity index (χ4n) is 1.82. The number of fused-ring (bicyclic) bond motifs is 1. The molecule has 1 amide bonds. The van der Waals surface area contributed by atoms with E-state index in [1.54, 1.807) is 0 Å². The summed E-state index contributed by atoms with van der Waals surface area (Å²) < 4.78 is 0. The maximum Gasteiger partial charge on any atom is 0.255 e. The maximum atomic E-state index is 11.6. The molecule has 4 unspecified atom stereocenters. The van der Waals surface area contributed by atoms with Gasteiger partial charge in [0.05, 0.1) is 12.3 Å². The smallest absolute Gasteiger partial charge is 0.255 e. The molecule has 0 radical (unpaired) electrons. The quantitative estimate of drug-likeness (QED) is 0.302. The average Bonchev–Trinajstić information content (AvgIpc) is 2.36. The van der Waals surface area contributed by atoms with Gasteiger partial charge in [0, 0.05) is 6.54 Å². The topological polar surface area (TPSA) is 153 Å². The molecule has 0 spiro atoms. The Balaban J connectivity index is 2.18. The lowest BCUT2D eigenvalue weighted by Gasteiger charge is -2.32. The Kier molecular flexibility index (Phi) is 3.57. The van der Waals surface area contributed by atoms with Crippen LogP contribution in [-0.2, 0) is 4.79 Å². The number of nitrogens with zero attached hydrogens (tertiary/aromatic N) is 2. The van der Waals surface area contributed by atoms with E-state index >= 15 is 0 Å². The molecule has 0 aromatic carbocycles. The Labute approximate surface area is 102 Å². The van der Waals surface area contributed by atoms with E-state index in [4.69, 9.17) is 10.8 Å². The van der Waals surface area contributed by atoms with E-state index in [2.05, 4.69) is 20.6 Å². The van der Waals surface area contributed by atoms with Crippen molar-refractivity contribution in [2.24, 2.45) is 15.7 Å². The summed E-state index contributed by atoms with van der Waals surface area (Å²) in [5.41, 5.74) is 5.60. The molecule has 7 N–H and O–H groups in total. The van der Waals surface area contributed by atoms with E-state index in [9.17, 15) is 15.0 Å². The van der Waals surface area contributed by atoms with Gasteiger partial charge in [-0.1, -0.05) is 0 Å². The molecule has 9 heteroatoms. The molecular formula is C9H15N5O4. The minimum Gasteiger partial charge on any atom is -0.394 e. The van der Waals surface area contributed by atoms with Crippen LogP contribution in [0, 0.1) is 0 Å². The molecule has 2 heterocycles. The van der Waals surface area contributed by atoms with Crippen molar-refractivity contribution < 1.29 is 20.1 Å². The molecule has 0 aromatic heterocycles. The van der Waals surface area contributed by atoms with Crippen LogP contribution in [0.3, 0.4) is 0 Å². The number of aliphatic imine (C=N–C) groups is 2. The first kappa shape index (κ1) is 12.9. The van der Waals surface area contributed by atoms with E-state index in [1.807, 2.05) is 0 Å². The third kappa shape index (κ3) is 2.34. The number of aliphatic hydroxyl groups is 3. The third-order valence-corrected chi connectivity index (χ3v) is 2.79. The van der Waals surface area contributed by atoms with Crippen molar-refractivity contribution in [3.63, 3.8) is 0 Å². The Morgan fingerprint density at radius 2 is 2.17 bits per heavy atom. The first-order chi connectivity index (χ1) is 8.52. The van der Waals surface area contributed by atoms with Gasteiger partial charge in [-0.2, -0.15) is 0 Å². The Morgan fingerprint density at radius 1 is 1.44 bits per heavy atom. The van der Waals surface area contributed by atoms with E-state index in [0.717, 1.165) is 0 Å². The predicted molar refractivity (Wildman–Crippen MR) is 61.9 cm³/mol. The number of nitrogens with two attached hydrogens (primary N) is 1. The van der Waals surface area contributed by atoms with Crippen molar-refractivity contribution in [3.05, 3.63) is 0 Å². The highest BCUT2D eigenvalue weighted by atomic mass is 16.4. The number of rotatable bonds is 3. The SMILES string of the molecule is NC1=NC2NCC(C(O)C(O)CO)=NC2C(=O)N1. The summed E-state index contributed by atoms with van der Waals surface area (Å²) >= 11 is 0. The summed E-state index contributed by atoms with van der Waals surface area (Å²) in [4.78, 5) is 19.6. The number of amides is 1. The number of nitrogens with one attached hydrogen (secondary N) is 2. The third-order valence-electron chi connectivity index (χ3n) is 2.79. The zero-order valence-electron chi connectivity index (χ0n) is 9.45. The summed E-state index contributed by atoms with van der Waals surface area (Å²) in [6, 6.07) is -0.832. The van der Waals surface area contributed by atoms with Crippen LogP contribution in [0.2, 0.25) is 0 Å². The van der Waals surface area contributed by atoms with Gasteiger partial charge in [0.1, 0.15) is 18.4 Å². The molecule has 0 fully saturated rings. The molecule has 9 nitrogen and oxygen atoms in total. The molecule has 4 atom stereocenters. The van der Waals surface area contributed by atoms with Crippen molar-refractivity contribution in [1.29, 1.82) is 0 Å². The first-order valence-corrected chi connectivity index (χ1v) is 5.44. The zero-order chi connectivity index (χ0) is 13.3. The molecular weight excluding hydrogens is 242 g/mol. The lowest BCUT2D eigenvalue weighted by atomic mass is 10.0. The fourth-order valence-corrected chi connectivity index (χ4v) is 1.82. The van der Waals surface area contributed by atoms with Crippen molar-refractivity contribution in [1.82, 2.24) is 10.6 Å². The van der Waals surface area contributed by atoms with Crippen LogP contribution >= 0.6 is 0 Å². The van der Waals surface area contributed by atoms with Crippen LogP contribution < -0.4 is 16.4 Å². The molecule has 2 aliphatic rings. The molecule has 2 aliphatic heterocycles. The van der Waals surface area contributed by atoms with Crippen LogP contribution in [0.1, 0.15) is 0 Å². The van der Waals surface area contributed by atoms with Crippen LogP contribution in [0.25, 0.3) is 0 Å². The predicted octanol–water partition coefficient (Wildman–Crippen LogP) is -4.12. The molecule has 0 bridgehead atoms. The Morgan fingerprint density at radius 3 is 2.83 bits per heavy atom. The molecule has 2 rings (SSSR count). The second-order valence-corrected chi connectivity index (χ2v) is 4.09. The number of guanidine groups is 1. The van der Waals surface area contributed by atoms with Gasteiger partial charge in [-0.3, -0.25) is 20.4 Å². The lowest BCUT2D eigenvalue weighted by molar-refractivity contribution is -0.122. The second-order valence-electron chi connectivity index (χ2n) is 4.09. The van der Waals surface area contributed by atoms with E-state index in [0.29, 0.717) is 0 Å². The van der Waals surface area contributed by atoms with Gasteiger partial charge < -0.3 is 21.1 Å². The summed E-state index contributed by atoms with van der Waals surface area (Å²) in [6.45, 7) is -0.435.